The van der Waals surface area contributed by atoms with Crippen molar-refractivity contribution in [1.29, 1.82) is 5.26 Å². The molecule has 3 aromatic rings. The van der Waals surface area contributed by atoms with Crippen LogP contribution in [-0.2, 0) is 0 Å². The molecule has 0 saturated carbocycles. The number of ether oxygens (including phenoxy) is 1. The van der Waals surface area contributed by atoms with Crippen LogP contribution in [0, 0.1) is 25.2 Å². The second-order valence-electron chi connectivity index (χ2n) is 5.32. The Balaban J connectivity index is 2.08. The lowest BCUT2D eigenvalue weighted by Crippen LogP contribution is -1.96. The Kier molecular flexibility index (Phi) is 4.07. The zero-order valence-electron chi connectivity index (χ0n) is 13.1. The number of benzene rings is 2. The fourth-order valence-corrected chi connectivity index (χ4v) is 2.43. The number of hydrogen-bond donors (Lipinski definition) is 0. The van der Waals surface area contributed by atoms with Crippen LogP contribution in [0.1, 0.15) is 16.7 Å². The van der Waals surface area contributed by atoms with Crippen LogP contribution in [0.25, 0.3) is 11.1 Å². The van der Waals surface area contributed by atoms with Crippen LogP contribution < -0.4 is 4.74 Å². The van der Waals surface area contributed by atoms with Crippen molar-refractivity contribution in [3.63, 3.8) is 0 Å². The quantitative estimate of drug-likeness (QED) is 0.681. The number of nitriles is 1. The Morgan fingerprint density at radius 2 is 1.74 bits per heavy atom. The summed E-state index contributed by atoms with van der Waals surface area (Å²) in [5.74, 6) is 1.06. The molecule has 3 nitrogen and oxygen atoms in total. The van der Waals surface area contributed by atoms with Crippen molar-refractivity contribution in [2.24, 2.45) is 0 Å². The summed E-state index contributed by atoms with van der Waals surface area (Å²) in [6.07, 6.45) is 1.67. The van der Waals surface area contributed by atoms with Crippen LogP contribution in [0.5, 0.6) is 11.6 Å². The minimum atomic E-state index is 0.336. The summed E-state index contributed by atoms with van der Waals surface area (Å²) in [5, 5.41) is 9.59. The van der Waals surface area contributed by atoms with Crippen molar-refractivity contribution in [2.75, 3.05) is 0 Å². The predicted molar refractivity (Wildman–Crippen MR) is 90.4 cm³/mol. The zero-order valence-corrected chi connectivity index (χ0v) is 13.1. The van der Waals surface area contributed by atoms with Gasteiger partial charge in [-0.25, -0.2) is 4.98 Å². The van der Waals surface area contributed by atoms with Gasteiger partial charge in [-0.3, -0.25) is 0 Å². The fraction of sp³-hybridized carbons (Fsp3) is 0.100. The van der Waals surface area contributed by atoms with Crippen molar-refractivity contribution in [3.8, 4) is 28.8 Å². The summed E-state index contributed by atoms with van der Waals surface area (Å²) in [6, 6.07) is 19.7. The van der Waals surface area contributed by atoms with E-state index in [1.165, 1.54) is 0 Å². The summed E-state index contributed by atoms with van der Waals surface area (Å²) in [4.78, 5) is 4.26. The summed E-state index contributed by atoms with van der Waals surface area (Å²) in [7, 11) is 0. The molecule has 1 aromatic heterocycles. The first-order valence-electron chi connectivity index (χ1n) is 7.39. The number of hydrogen-bond acceptors (Lipinski definition) is 3. The molecule has 0 aliphatic heterocycles. The molecule has 0 aliphatic rings. The van der Waals surface area contributed by atoms with Crippen molar-refractivity contribution in [1.82, 2.24) is 4.98 Å². The van der Waals surface area contributed by atoms with Crippen molar-refractivity contribution >= 4 is 0 Å². The highest BCUT2D eigenvalue weighted by molar-refractivity contribution is 5.72. The topological polar surface area (TPSA) is 45.9 Å². The lowest BCUT2D eigenvalue weighted by Gasteiger charge is -2.12. The molecule has 0 N–H and O–H groups in total. The van der Waals surface area contributed by atoms with Gasteiger partial charge < -0.3 is 4.74 Å². The maximum atomic E-state index is 9.59. The average Bonchev–Trinajstić information content (AvgIpc) is 2.59. The monoisotopic (exact) mass is 300 g/mol. The highest BCUT2D eigenvalue weighted by atomic mass is 16.5. The van der Waals surface area contributed by atoms with E-state index >= 15 is 0 Å². The highest BCUT2D eigenvalue weighted by Gasteiger charge is 2.14. The van der Waals surface area contributed by atoms with Crippen LogP contribution in [0.4, 0.5) is 0 Å². The third-order valence-corrected chi connectivity index (χ3v) is 3.87. The van der Waals surface area contributed by atoms with Gasteiger partial charge in [0.05, 0.1) is 0 Å². The van der Waals surface area contributed by atoms with E-state index in [1.54, 1.807) is 6.20 Å². The number of aryl methyl sites for hydroxylation is 1. The highest BCUT2D eigenvalue weighted by Crippen LogP contribution is 2.32. The van der Waals surface area contributed by atoms with E-state index in [1.807, 2.05) is 68.4 Å². The standard InChI is InChI=1S/C20H16N2O/c1-14-7-6-10-19(15(14)2)23-20-18(13-21)17(11-12-22-20)16-8-4-3-5-9-16/h3-12H,1-2H3. The minimum Gasteiger partial charge on any atom is -0.437 e. The zero-order chi connectivity index (χ0) is 16.2. The molecule has 0 amide bonds. The minimum absolute atomic E-state index is 0.336. The molecule has 0 aliphatic carbocycles. The number of nitrogens with zero attached hydrogens (tertiary/aromatic N) is 2. The Bertz CT molecular complexity index is 880. The Hall–Kier alpha value is -3.12. The molecule has 0 atom stereocenters. The molecule has 0 radical (unpaired) electrons. The average molecular weight is 300 g/mol. The first-order chi connectivity index (χ1) is 11.2. The molecule has 1 heterocycles. The van der Waals surface area contributed by atoms with Crippen molar-refractivity contribution in [2.45, 2.75) is 13.8 Å². The van der Waals surface area contributed by atoms with E-state index in [0.29, 0.717) is 11.4 Å². The molecule has 3 rings (SSSR count). The normalized spacial score (nSPS) is 10.1. The summed E-state index contributed by atoms with van der Waals surface area (Å²) >= 11 is 0. The van der Waals surface area contributed by atoms with Crippen LogP contribution in [0.3, 0.4) is 0 Å². The lowest BCUT2D eigenvalue weighted by atomic mass is 10.0. The number of aromatic nitrogens is 1. The molecule has 0 fully saturated rings. The lowest BCUT2D eigenvalue weighted by molar-refractivity contribution is 0.457. The van der Waals surface area contributed by atoms with Gasteiger partial charge in [-0.1, -0.05) is 42.5 Å². The molecular weight excluding hydrogens is 284 g/mol. The van der Waals surface area contributed by atoms with Crippen LogP contribution in [0.2, 0.25) is 0 Å². The third kappa shape index (κ3) is 2.93. The van der Waals surface area contributed by atoms with Crippen LogP contribution in [-0.4, -0.2) is 4.98 Å². The van der Waals surface area contributed by atoms with Gasteiger partial charge >= 0.3 is 0 Å². The molecular formula is C20H16N2O. The van der Waals surface area contributed by atoms with Gasteiger partial charge in [-0.15, -0.1) is 0 Å². The maximum absolute atomic E-state index is 9.59. The molecule has 112 valence electrons. The molecule has 2 aromatic carbocycles. The molecule has 0 unspecified atom stereocenters. The summed E-state index contributed by atoms with van der Waals surface area (Å²) in [5.41, 5.74) is 4.42. The second kappa shape index (κ2) is 6.33. The van der Waals surface area contributed by atoms with Gasteiger partial charge in [0.1, 0.15) is 17.4 Å². The van der Waals surface area contributed by atoms with E-state index in [4.69, 9.17) is 4.74 Å². The Morgan fingerprint density at radius 1 is 0.957 bits per heavy atom. The smallest absolute Gasteiger partial charge is 0.237 e. The second-order valence-corrected chi connectivity index (χ2v) is 5.32. The molecule has 23 heavy (non-hydrogen) atoms. The van der Waals surface area contributed by atoms with Crippen LogP contribution >= 0.6 is 0 Å². The molecule has 0 bridgehead atoms. The fourth-order valence-electron chi connectivity index (χ4n) is 2.43. The van der Waals surface area contributed by atoms with Gasteiger partial charge in [0, 0.05) is 11.8 Å². The van der Waals surface area contributed by atoms with E-state index in [0.717, 1.165) is 28.0 Å². The molecule has 0 spiro atoms. The van der Waals surface area contributed by atoms with E-state index in [-0.39, 0.29) is 0 Å². The van der Waals surface area contributed by atoms with E-state index in [9.17, 15) is 5.26 Å². The molecule has 0 saturated heterocycles. The number of pyridine rings is 1. The van der Waals surface area contributed by atoms with Crippen LogP contribution in [0.15, 0.2) is 60.8 Å². The first-order valence-corrected chi connectivity index (χ1v) is 7.39. The van der Waals surface area contributed by atoms with Gasteiger partial charge in [-0.2, -0.15) is 5.26 Å². The van der Waals surface area contributed by atoms with Gasteiger partial charge in [0.2, 0.25) is 5.88 Å². The third-order valence-electron chi connectivity index (χ3n) is 3.87. The van der Waals surface area contributed by atoms with Gasteiger partial charge in [0.15, 0.2) is 0 Å². The first kappa shape index (κ1) is 14.8. The van der Waals surface area contributed by atoms with E-state index < -0.39 is 0 Å². The SMILES string of the molecule is Cc1cccc(Oc2nccc(-c3ccccc3)c2C#N)c1C. The summed E-state index contributed by atoms with van der Waals surface area (Å²) < 4.78 is 5.94. The van der Waals surface area contributed by atoms with Crippen molar-refractivity contribution in [3.05, 3.63) is 77.5 Å². The Morgan fingerprint density at radius 3 is 2.48 bits per heavy atom. The molecule has 3 heteroatoms. The predicted octanol–water partition coefficient (Wildman–Crippen LogP) is 5.03. The summed E-state index contributed by atoms with van der Waals surface area (Å²) in [6.45, 7) is 4.03. The van der Waals surface area contributed by atoms with Crippen molar-refractivity contribution < 1.29 is 4.74 Å². The maximum Gasteiger partial charge on any atom is 0.237 e. The Labute approximate surface area is 135 Å². The largest absolute Gasteiger partial charge is 0.437 e. The number of rotatable bonds is 3. The van der Waals surface area contributed by atoms with E-state index in [2.05, 4.69) is 11.1 Å². The van der Waals surface area contributed by atoms with Gasteiger partial charge in [-0.05, 0) is 42.7 Å². The van der Waals surface area contributed by atoms with Gasteiger partial charge in [0.25, 0.3) is 0 Å².